The van der Waals surface area contributed by atoms with Gasteiger partial charge in [-0.05, 0) is 35.9 Å². The lowest BCUT2D eigenvalue weighted by atomic mass is 10.1. The molecule has 4 N–H and O–H groups in total. The van der Waals surface area contributed by atoms with Crippen molar-refractivity contribution in [2.45, 2.75) is 6.42 Å². The lowest BCUT2D eigenvalue weighted by Gasteiger charge is -2.07. The third-order valence-electron chi connectivity index (χ3n) is 2.80. The van der Waals surface area contributed by atoms with Gasteiger partial charge in [-0.2, -0.15) is 0 Å². The molecule has 0 aromatic heterocycles. The lowest BCUT2D eigenvalue weighted by molar-refractivity contribution is -0.136. The first-order valence-corrected chi connectivity index (χ1v) is 6.13. The fraction of sp³-hybridized carbons (Fsp3) is 0.0667. The standard InChI is InChI=1S/C15H13FN2O3/c16-13-8-10(17)3-6-12(13)15(21)18-11-4-1-9(2-5-11)7-14(19)20/h1-6,8H,7,17H2,(H,18,21)(H,19,20). The molecule has 0 saturated heterocycles. The monoisotopic (exact) mass is 288 g/mol. The molecular weight excluding hydrogens is 275 g/mol. The molecule has 0 unspecified atom stereocenters. The van der Waals surface area contributed by atoms with Crippen molar-refractivity contribution in [1.82, 2.24) is 0 Å². The maximum Gasteiger partial charge on any atom is 0.307 e. The Morgan fingerprint density at radius 1 is 1.14 bits per heavy atom. The predicted molar refractivity (Wildman–Crippen MR) is 76.5 cm³/mol. The highest BCUT2D eigenvalue weighted by Crippen LogP contribution is 2.15. The van der Waals surface area contributed by atoms with Gasteiger partial charge in [0.2, 0.25) is 0 Å². The lowest BCUT2D eigenvalue weighted by Crippen LogP contribution is -2.14. The van der Waals surface area contributed by atoms with Crippen LogP contribution in [0, 0.1) is 5.82 Å². The van der Waals surface area contributed by atoms with Gasteiger partial charge in [0.05, 0.1) is 12.0 Å². The molecule has 0 atom stereocenters. The summed E-state index contributed by atoms with van der Waals surface area (Å²) in [5, 5.41) is 11.2. The average Bonchev–Trinajstić information content (AvgIpc) is 2.40. The van der Waals surface area contributed by atoms with Crippen LogP contribution in [0.25, 0.3) is 0 Å². The van der Waals surface area contributed by atoms with E-state index in [4.69, 9.17) is 10.8 Å². The maximum absolute atomic E-state index is 13.6. The van der Waals surface area contributed by atoms with Crippen LogP contribution < -0.4 is 11.1 Å². The largest absolute Gasteiger partial charge is 0.481 e. The van der Waals surface area contributed by atoms with Crippen LogP contribution in [0.15, 0.2) is 42.5 Å². The van der Waals surface area contributed by atoms with Crippen molar-refractivity contribution in [1.29, 1.82) is 0 Å². The number of hydrogen-bond donors (Lipinski definition) is 3. The summed E-state index contributed by atoms with van der Waals surface area (Å²) in [5.74, 6) is -2.23. The Morgan fingerprint density at radius 2 is 1.81 bits per heavy atom. The molecule has 6 heteroatoms. The molecule has 0 radical (unpaired) electrons. The zero-order valence-electron chi connectivity index (χ0n) is 11.0. The highest BCUT2D eigenvalue weighted by molar-refractivity contribution is 6.04. The van der Waals surface area contributed by atoms with Crippen molar-refractivity contribution in [2.75, 3.05) is 11.1 Å². The quantitative estimate of drug-likeness (QED) is 0.752. The van der Waals surface area contributed by atoms with Crippen LogP contribution in [0.2, 0.25) is 0 Å². The van der Waals surface area contributed by atoms with Crippen LogP contribution in [-0.4, -0.2) is 17.0 Å². The second kappa shape index (κ2) is 6.04. The third kappa shape index (κ3) is 3.79. The van der Waals surface area contributed by atoms with Gasteiger partial charge in [-0.3, -0.25) is 9.59 Å². The summed E-state index contributed by atoms with van der Waals surface area (Å²) < 4.78 is 13.6. The SMILES string of the molecule is Nc1ccc(C(=O)Nc2ccc(CC(=O)O)cc2)c(F)c1. The molecule has 0 fully saturated rings. The molecular formula is C15H13FN2O3. The maximum atomic E-state index is 13.6. The van der Waals surface area contributed by atoms with E-state index in [1.54, 1.807) is 24.3 Å². The Morgan fingerprint density at radius 3 is 2.38 bits per heavy atom. The molecule has 2 rings (SSSR count). The number of nitrogens with two attached hydrogens (primary N) is 1. The second-order valence-corrected chi connectivity index (χ2v) is 4.46. The predicted octanol–water partition coefficient (Wildman–Crippen LogP) is 2.29. The van der Waals surface area contributed by atoms with E-state index in [2.05, 4.69) is 5.32 Å². The number of anilines is 2. The highest BCUT2D eigenvalue weighted by Gasteiger charge is 2.12. The number of nitrogen functional groups attached to an aromatic ring is 1. The first-order valence-electron chi connectivity index (χ1n) is 6.13. The average molecular weight is 288 g/mol. The number of hydrogen-bond acceptors (Lipinski definition) is 3. The van der Waals surface area contributed by atoms with Crippen LogP contribution in [0.4, 0.5) is 15.8 Å². The molecule has 108 valence electrons. The Bertz CT molecular complexity index is 684. The summed E-state index contributed by atoms with van der Waals surface area (Å²) in [5.41, 5.74) is 6.60. The number of benzene rings is 2. The molecule has 0 heterocycles. The molecule has 0 aliphatic heterocycles. The molecule has 1 amide bonds. The van der Waals surface area contributed by atoms with Gasteiger partial charge in [-0.1, -0.05) is 12.1 Å². The molecule has 0 aliphatic rings. The van der Waals surface area contributed by atoms with Gasteiger partial charge in [-0.15, -0.1) is 0 Å². The molecule has 21 heavy (non-hydrogen) atoms. The van der Waals surface area contributed by atoms with Gasteiger partial charge in [0.1, 0.15) is 5.82 Å². The van der Waals surface area contributed by atoms with E-state index >= 15 is 0 Å². The number of rotatable bonds is 4. The fourth-order valence-electron chi connectivity index (χ4n) is 1.79. The molecule has 2 aromatic carbocycles. The van der Waals surface area contributed by atoms with Crippen LogP contribution in [0.3, 0.4) is 0 Å². The summed E-state index contributed by atoms with van der Waals surface area (Å²) in [6.45, 7) is 0. The van der Waals surface area contributed by atoms with Crippen molar-refractivity contribution in [3.05, 3.63) is 59.4 Å². The van der Waals surface area contributed by atoms with Gasteiger partial charge < -0.3 is 16.2 Å². The number of carboxylic acids is 1. The summed E-state index contributed by atoms with van der Waals surface area (Å²) >= 11 is 0. The molecule has 0 bridgehead atoms. The Labute approximate surface area is 120 Å². The Kier molecular flexibility index (Phi) is 4.18. The third-order valence-corrected chi connectivity index (χ3v) is 2.80. The number of carbonyl (C=O) groups excluding carboxylic acids is 1. The van der Waals surface area contributed by atoms with Crippen LogP contribution in [0.1, 0.15) is 15.9 Å². The zero-order valence-corrected chi connectivity index (χ0v) is 11.0. The minimum atomic E-state index is -0.935. The van der Waals surface area contributed by atoms with Crippen molar-refractivity contribution in [3.63, 3.8) is 0 Å². The van der Waals surface area contributed by atoms with Crippen LogP contribution >= 0.6 is 0 Å². The Hall–Kier alpha value is -2.89. The van der Waals surface area contributed by atoms with E-state index < -0.39 is 17.7 Å². The zero-order chi connectivity index (χ0) is 15.4. The van der Waals surface area contributed by atoms with E-state index in [1.807, 2.05) is 0 Å². The number of halogens is 1. The van der Waals surface area contributed by atoms with E-state index in [0.29, 0.717) is 11.3 Å². The minimum Gasteiger partial charge on any atom is -0.481 e. The minimum absolute atomic E-state index is 0.0964. The molecule has 0 spiro atoms. The normalized spacial score (nSPS) is 10.1. The summed E-state index contributed by atoms with van der Waals surface area (Å²) in [4.78, 5) is 22.5. The number of nitrogens with one attached hydrogen (secondary N) is 1. The summed E-state index contributed by atoms with van der Waals surface area (Å²) in [6.07, 6.45) is -0.0964. The van der Waals surface area contributed by atoms with Crippen LogP contribution in [0.5, 0.6) is 0 Å². The van der Waals surface area contributed by atoms with Crippen molar-refractivity contribution >= 4 is 23.3 Å². The van der Waals surface area contributed by atoms with E-state index in [0.717, 1.165) is 6.07 Å². The molecule has 2 aromatic rings. The second-order valence-electron chi connectivity index (χ2n) is 4.46. The number of amides is 1. The number of carboxylic acid groups (broad SMARTS) is 1. The van der Waals surface area contributed by atoms with E-state index in [1.165, 1.54) is 12.1 Å². The van der Waals surface area contributed by atoms with Gasteiger partial charge in [0.15, 0.2) is 0 Å². The fourth-order valence-corrected chi connectivity index (χ4v) is 1.79. The van der Waals surface area contributed by atoms with Crippen LogP contribution in [-0.2, 0) is 11.2 Å². The van der Waals surface area contributed by atoms with E-state index in [-0.39, 0.29) is 17.7 Å². The van der Waals surface area contributed by atoms with E-state index in [9.17, 15) is 14.0 Å². The number of aliphatic carboxylic acids is 1. The highest BCUT2D eigenvalue weighted by atomic mass is 19.1. The van der Waals surface area contributed by atoms with Gasteiger partial charge in [0.25, 0.3) is 5.91 Å². The smallest absolute Gasteiger partial charge is 0.307 e. The summed E-state index contributed by atoms with van der Waals surface area (Å²) in [7, 11) is 0. The van der Waals surface area contributed by atoms with Gasteiger partial charge in [0, 0.05) is 11.4 Å². The topological polar surface area (TPSA) is 92.4 Å². The summed E-state index contributed by atoms with van der Waals surface area (Å²) in [6, 6.07) is 10.1. The first-order chi connectivity index (χ1) is 9.95. The first kappa shape index (κ1) is 14.5. The molecule has 0 aliphatic carbocycles. The van der Waals surface area contributed by atoms with Gasteiger partial charge >= 0.3 is 5.97 Å². The van der Waals surface area contributed by atoms with Crippen molar-refractivity contribution in [3.8, 4) is 0 Å². The number of carbonyl (C=O) groups is 2. The molecule has 5 nitrogen and oxygen atoms in total. The molecule has 0 saturated carbocycles. The van der Waals surface area contributed by atoms with Crippen molar-refractivity contribution in [2.24, 2.45) is 0 Å². The Balaban J connectivity index is 2.10. The van der Waals surface area contributed by atoms with Crippen molar-refractivity contribution < 1.29 is 19.1 Å². The van der Waals surface area contributed by atoms with Gasteiger partial charge in [-0.25, -0.2) is 4.39 Å².